The van der Waals surface area contributed by atoms with E-state index >= 15 is 0 Å². The lowest BCUT2D eigenvalue weighted by Gasteiger charge is -2.24. The zero-order chi connectivity index (χ0) is 30.8. The molecule has 0 amide bonds. The van der Waals surface area contributed by atoms with Gasteiger partial charge in [-0.3, -0.25) is 9.36 Å². The fourth-order valence-electron chi connectivity index (χ4n) is 4.72. The van der Waals surface area contributed by atoms with E-state index in [9.17, 15) is 9.59 Å². The fourth-order valence-corrected chi connectivity index (χ4v) is 6.82. The summed E-state index contributed by atoms with van der Waals surface area (Å²) >= 11 is 26.0. The molecule has 1 aromatic heterocycles. The predicted molar refractivity (Wildman–Crippen MR) is 171 cm³/mol. The summed E-state index contributed by atoms with van der Waals surface area (Å²) < 4.78 is 18.8. The second kappa shape index (κ2) is 13.2. The number of halogens is 4. The average Bonchev–Trinajstić information content (AvgIpc) is 3.26. The molecule has 3 aromatic carbocycles. The molecule has 5 rings (SSSR count). The minimum Gasteiger partial charge on any atom is -0.496 e. The zero-order valence-corrected chi connectivity index (χ0v) is 27.0. The first-order valence-corrected chi connectivity index (χ1v) is 15.3. The Morgan fingerprint density at radius 2 is 1.72 bits per heavy atom. The van der Waals surface area contributed by atoms with Crippen molar-refractivity contribution in [1.29, 1.82) is 0 Å². The van der Waals surface area contributed by atoms with E-state index in [0.29, 0.717) is 53.3 Å². The fraction of sp³-hybridized carbons (Fsp3) is 0.194. The molecule has 0 saturated carbocycles. The lowest BCUT2D eigenvalue weighted by atomic mass is 9.96. The van der Waals surface area contributed by atoms with E-state index in [-0.39, 0.29) is 28.8 Å². The molecule has 1 aliphatic heterocycles. The first-order chi connectivity index (χ1) is 20.6. The highest BCUT2D eigenvalue weighted by molar-refractivity contribution is 7.07. The third-order valence-electron chi connectivity index (χ3n) is 6.64. The Labute approximate surface area is 271 Å². The maximum Gasteiger partial charge on any atom is 0.338 e. The number of methoxy groups -OCH3 is 1. The smallest absolute Gasteiger partial charge is 0.338 e. The molecular formula is C31H24Cl4N2O5S. The number of carbonyl (C=O) groups excluding carboxylic acids is 1. The van der Waals surface area contributed by atoms with Gasteiger partial charge in [-0.1, -0.05) is 75.9 Å². The minimum absolute atomic E-state index is 0.0891. The Morgan fingerprint density at radius 1 is 1.02 bits per heavy atom. The third-order valence-corrected chi connectivity index (χ3v) is 8.65. The number of thiazole rings is 1. The summed E-state index contributed by atoms with van der Waals surface area (Å²) in [6, 6.07) is 14.8. The lowest BCUT2D eigenvalue weighted by Crippen LogP contribution is -2.39. The van der Waals surface area contributed by atoms with Gasteiger partial charge in [0.25, 0.3) is 5.56 Å². The number of nitrogens with zero attached hydrogens (tertiary/aromatic N) is 2. The molecule has 12 heteroatoms. The number of esters is 1. The van der Waals surface area contributed by atoms with Crippen LogP contribution >= 0.6 is 57.7 Å². The molecule has 0 fully saturated rings. The van der Waals surface area contributed by atoms with Crippen molar-refractivity contribution in [3.63, 3.8) is 0 Å². The van der Waals surface area contributed by atoms with Crippen molar-refractivity contribution < 1.29 is 19.0 Å². The van der Waals surface area contributed by atoms with E-state index < -0.39 is 12.0 Å². The van der Waals surface area contributed by atoms with Crippen LogP contribution in [0.4, 0.5) is 0 Å². The van der Waals surface area contributed by atoms with E-state index in [0.717, 1.165) is 5.56 Å². The summed E-state index contributed by atoms with van der Waals surface area (Å²) in [5.74, 6) is 0.347. The highest BCUT2D eigenvalue weighted by Gasteiger charge is 2.33. The van der Waals surface area contributed by atoms with Crippen molar-refractivity contribution in [3.8, 4) is 11.5 Å². The molecule has 0 spiro atoms. The van der Waals surface area contributed by atoms with Gasteiger partial charge in [0, 0.05) is 15.6 Å². The minimum atomic E-state index is -0.733. The van der Waals surface area contributed by atoms with Gasteiger partial charge >= 0.3 is 5.97 Å². The van der Waals surface area contributed by atoms with Crippen LogP contribution in [0.5, 0.6) is 11.5 Å². The van der Waals surface area contributed by atoms with E-state index in [1.54, 1.807) is 69.5 Å². The molecular weight excluding hydrogens is 654 g/mol. The van der Waals surface area contributed by atoms with Crippen LogP contribution in [0.25, 0.3) is 6.08 Å². The number of ether oxygens (including phenoxy) is 3. The van der Waals surface area contributed by atoms with E-state index in [1.807, 2.05) is 12.1 Å². The Kier molecular flexibility index (Phi) is 9.54. The van der Waals surface area contributed by atoms with Gasteiger partial charge in [-0.25, -0.2) is 9.79 Å². The molecule has 4 aromatic rings. The van der Waals surface area contributed by atoms with Crippen molar-refractivity contribution in [2.24, 2.45) is 4.99 Å². The summed E-state index contributed by atoms with van der Waals surface area (Å²) in [4.78, 5) is 32.1. The van der Waals surface area contributed by atoms with Crippen LogP contribution in [0.3, 0.4) is 0 Å². The number of aromatic nitrogens is 1. The first-order valence-electron chi connectivity index (χ1n) is 13.0. The molecule has 1 unspecified atom stereocenters. The average molecular weight is 678 g/mol. The predicted octanol–water partition coefficient (Wildman–Crippen LogP) is 7.00. The van der Waals surface area contributed by atoms with Crippen LogP contribution in [0, 0.1) is 0 Å². The monoisotopic (exact) mass is 676 g/mol. The molecule has 0 bridgehead atoms. The van der Waals surface area contributed by atoms with E-state index in [4.69, 9.17) is 60.6 Å². The molecule has 0 saturated heterocycles. The maximum absolute atomic E-state index is 13.9. The van der Waals surface area contributed by atoms with Crippen LogP contribution in [0.2, 0.25) is 20.1 Å². The van der Waals surface area contributed by atoms with Crippen LogP contribution in [-0.2, 0) is 16.1 Å². The van der Waals surface area contributed by atoms with E-state index in [1.165, 1.54) is 15.9 Å². The summed E-state index contributed by atoms with van der Waals surface area (Å²) in [6.45, 7) is 3.74. The number of rotatable bonds is 8. The van der Waals surface area contributed by atoms with Crippen molar-refractivity contribution in [1.82, 2.24) is 4.57 Å². The number of fused-ring (bicyclic) bond motifs is 1. The van der Waals surface area contributed by atoms with Gasteiger partial charge in [0.15, 0.2) is 10.6 Å². The highest BCUT2D eigenvalue weighted by atomic mass is 35.5. The second-order valence-corrected chi connectivity index (χ2v) is 12.1. The maximum atomic E-state index is 13.9. The van der Waals surface area contributed by atoms with Gasteiger partial charge in [-0.05, 0) is 67.4 Å². The van der Waals surface area contributed by atoms with Gasteiger partial charge in [-0.2, -0.15) is 0 Å². The van der Waals surface area contributed by atoms with Crippen LogP contribution in [0.1, 0.15) is 36.6 Å². The summed E-state index contributed by atoms with van der Waals surface area (Å²) in [6.07, 6.45) is 1.76. The van der Waals surface area contributed by atoms with Gasteiger partial charge in [0.2, 0.25) is 0 Å². The SMILES string of the molecule is CCOC(=O)C1=C(C)N=c2s/c(=C/c3ccc(OC)c(COc4c(Cl)cc(Cl)cc4Cl)c3)c(=O)n2C1c1ccc(Cl)cc1. The summed E-state index contributed by atoms with van der Waals surface area (Å²) in [5.41, 5.74) is 2.61. The first kappa shape index (κ1) is 31.2. The Balaban J connectivity index is 1.57. The van der Waals surface area contributed by atoms with Crippen LogP contribution in [0.15, 0.2) is 75.7 Å². The standard InChI is InChI=1S/C31H24Cl4N2O5S/c1-4-41-30(39)26-16(2)36-31-37(27(26)18-6-8-20(32)9-7-18)29(38)25(43-31)12-17-5-10-24(40-3)19(11-17)15-42-28-22(34)13-21(33)14-23(28)35/h5-14,27H,4,15H2,1-3H3/b25-12+. The molecule has 0 radical (unpaired) electrons. The molecule has 0 N–H and O–H groups in total. The quantitative estimate of drug-likeness (QED) is 0.188. The summed E-state index contributed by atoms with van der Waals surface area (Å²) in [7, 11) is 1.55. The molecule has 7 nitrogen and oxygen atoms in total. The molecule has 222 valence electrons. The summed E-state index contributed by atoms with van der Waals surface area (Å²) in [5, 5.41) is 1.49. The van der Waals surface area contributed by atoms with Crippen molar-refractivity contribution >= 4 is 69.8 Å². The number of benzene rings is 3. The molecule has 43 heavy (non-hydrogen) atoms. The normalized spacial score (nSPS) is 14.8. The lowest BCUT2D eigenvalue weighted by molar-refractivity contribution is -0.139. The van der Waals surface area contributed by atoms with Crippen LogP contribution in [-0.4, -0.2) is 24.3 Å². The third kappa shape index (κ3) is 6.49. The molecule has 2 heterocycles. The van der Waals surface area contributed by atoms with Crippen molar-refractivity contribution in [2.75, 3.05) is 13.7 Å². The van der Waals surface area contributed by atoms with Crippen molar-refractivity contribution in [2.45, 2.75) is 26.5 Å². The Bertz CT molecular complexity index is 1910. The molecule has 1 aliphatic rings. The van der Waals surface area contributed by atoms with Crippen molar-refractivity contribution in [3.05, 3.63) is 122 Å². The second-order valence-electron chi connectivity index (χ2n) is 9.41. The van der Waals surface area contributed by atoms with Gasteiger partial charge in [0.1, 0.15) is 12.4 Å². The Hall–Kier alpha value is -3.27. The van der Waals surface area contributed by atoms with E-state index in [2.05, 4.69) is 4.99 Å². The highest BCUT2D eigenvalue weighted by Crippen LogP contribution is 2.37. The van der Waals surface area contributed by atoms with Crippen LogP contribution < -0.4 is 24.4 Å². The largest absolute Gasteiger partial charge is 0.496 e. The Morgan fingerprint density at radius 3 is 2.37 bits per heavy atom. The number of hydrogen-bond donors (Lipinski definition) is 0. The number of carbonyl (C=O) groups is 1. The number of allylic oxidation sites excluding steroid dienone is 1. The molecule has 0 aliphatic carbocycles. The molecule has 1 atom stereocenters. The van der Waals surface area contributed by atoms with Gasteiger partial charge in [-0.15, -0.1) is 0 Å². The van der Waals surface area contributed by atoms with Gasteiger partial charge in [0.05, 0.1) is 45.6 Å². The zero-order valence-electron chi connectivity index (χ0n) is 23.1. The topological polar surface area (TPSA) is 79.1 Å². The van der Waals surface area contributed by atoms with Gasteiger partial charge < -0.3 is 14.2 Å². The number of hydrogen-bond acceptors (Lipinski definition) is 7.